The molecule has 1 nitrogen and oxygen atoms in total. The van der Waals surface area contributed by atoms with Crippen LogP contribution in [0.5, 0.6) is 0 Å². The second-order valence-corrected chi connectivity index (χ2v) is 4.73. The molecular weight excluding hydrogens is 200 g/mol. The maximum Gasteiger partial charge on any atom is 0.118 e. The molecule has 1 rings (SSSR count). The summed E-state index contributed by atoms with van der Waals surface area (Å²) in [5.74, 6) is 0. The van der Waals surface area contributed by atoms with Gasteiger partial charge in [-0.15, -0.1) is 11.8 Å². The van der Waals surface area contributed by atoms with E-state index in [1.165, 1.54) is 30.3 Å². The first-order chi connectivity index (χ1) is 7.31. The van der Waals surface area contributed by atoms with Crippen molar-refractivity contribution >= 4 is 26.7 Å². The molecule has 0 aromatic rings. The first kappa shape index (κ1) is 13.0. The van der Waals surface area contributed by atoms with Crippen LogP contribution in [0.25, 0.3) is 0 Å². The van der Waals surface area contributed by atoms with Gasteiger partial charge in [0.2, 0.25) is 0 Å². The molecule has 0 unspecified atom stereocenters. The highest BCUT2D eigenvalue weighted by atomic mass is 32.2. The SMILES string of the molecule is BBC(=C/C)/C(=C\SC)CCNC1CC1. The van der Waals surface area contributed by atoms with E-state index in [9.17, 15) is 0 Å². The fourth-order valence-corrected chi connectivity index (χ4v) is 2.31. The van der Waals surface area contributed by atoms with Gasteiger partial charge in [0.1, 0.15) is 7.17 Å². The molecule has 1 fully saturated rings. The standard InChI is InChI=1S/C11H21B2NS/c1-3-11(13-12)9(8-15-2)6-7-14-10-4-5-10/h3,8,10,13-14H,4-7,12H2,1-2H3/b9-8-,11-3+. The Morgan fingerprint density at radius 2 is 2.33 bits per heavy atom. The van der Waals surface area contributed by atoms with Crippen LogP contribution in [0, 0.1) is 0 Å². The number of rotatable bonds is 7. The van der Waals surface area contributed by atoms with Crippen LogP contribution in [-0.2, 0) is 0 Å². The predicted octanol–water partition coefficient (Wildman–Crippen LogP) is 1.26. The third-order valence-electron chi connectivity index (χ3n) is 2.81. The monoisotopic (exact) mass is 221 g/mol. The van der Waals surface area contributed by atoms with E-state index in [0.717, 1.165) is 19.8 Å². The van der Waals surface area contributed by atoms with Crippen LogP contribution in [-0.4, -0.2) is 33.7 Å². The topological polar surface area (TPSA) is 12.0 Å². The van der Waals surface area contributed by atoms with Crippen LogP contribution < -0.4 is 5.32 Å². The van der Waals surface area contributed by atoms with Crippen molar-refractivity contribution in [2.75, 3.05) is 12.8 Å². The lowest BCUT2D eigenvalue weighted by Gasteiger charge is -2.10. The zero-order valence-electron chi connectivity index (χ0n) is 10.2. The molecule has 0 aliphatic heterocycles. The molecule has 0 saturated heterocycles. The van der Waals surface area contributed by atoms with Crippen molar-refractivity contribution in [1.82, 2.24) is 5.32 Å². The minimum Gasteiger partial charge on any atom is -0.314 e. The molecule has 1 aliphatic carbocycles. The fourth-order valence-electron chi connectivity index (χ4n) is 1.75. The van der Waals surface area contributed by atoms with Gasteiger partial charge in [-0.05, 0) is 50.0 Å². The van der Waals surface area contributed by atoms with Gasteiger partial charge >= 0.3 is 0 Å². The van der Waals surface area contributed by atoms with Crippen LogP contribution in [0.1, 0.15) is 26.2 Å². The Balaban J connectivity index is 2.38. The average molecular weight is 221 g/mol. The van der Waals surface area contributed by atoms with E-state index in [-0.39, 0.29) is 0 Å². The minimum absolute atomic E-state index is 0.830. The zero-order chi connectivity index (χ0) is 11.1. The highest BCUT2D eigenvalue weighted by Gasteiger charge is 2.19. The van der Waals surface area contributed by atoms with Gasteiger partial charge in [0.15, 0.2) is 0 Å². The zero-order valence-corrected chi connectivity index (χ0v) is 11.0. The minimum atomic E-state index is 0.830. The van der Waals surface area contributed by atoms with Gasteiger partial charge in [-0.1, -0.05) is 11.5 Å². The van der Waals surface area contributed by atoms with E-state index in [1.54, 1.807) is 0 Å². The normalized spacial score (nSPS) is 18.0. The van der Waals surface area contributed by atoms with E-state index in [0.29, 0.717) is 0 Å². The van der Waals surface area contributed by atoms with E-state index in [1.807, 2.05) is 11.8 Å². The summed E-state index contributed by atoms with van der Waals surface area (Å²) in [5, 5.41) is 5.87. The molecule has 82 valence electrons. The molecule has 4 heteroatoms. The molecule has 1 saturated carbocycles. The van der Waals surface area contributed by atoms with Crippen molar-refractivity contribution in [3.05, 3.63) is 22.5 Å². The lowest BCUT2D eigenvalue weighted by Crippen LogP contribution is -2.18. The molecule has 1 N–H and O–H groups in total. The van der Waals surface area contributed by atoms with E-state index in [4.69, 9.17) is 0 Å². The smallest absolute Gasteiger partial charge is 0.118 e. The van der Waals surface area contributed by atoms with Gasteiger partial charge in [0, 0.05) is 6.04 Å². The van der Waals surface area contributed by atoms with Crippen molar-refractivity contribution in [2.45, 2.75) is 32.2 Å². The van der Waals surface area contributed by atoms with Crippen LogP contribution in [0.4, 0.5) is 0 Å². The number of thioether (sulfide) groups is 1. The maximum atomic E-state index is 3.57. The molecule has 15 heavy (non-hydrogen) atoms. The highest BCUT2D eigenvalue weighted by Crippen LogP contribution is 2.20. The Bertz CT molecular complexity index is 247. The first-order valence-electron chi connectivity index (χ1n) is 5.92. The van der Waals surface area contributed by atoms with Gasteiger partial charge in [-0.25, -0.2) is 0 Å². The summed E-state index contributed by atoms with van der Waals surface area (Å²) in [6.07, 6.45) is 8.32. The Hall–Kier alpha value is -0.0801. The summed E-state index contributed by atoms with van der Waals surface area (Å²) in [6, 6.07) is 0.830. The van der Waals surface area contributed by atoms with Gasteiger partial charge in [-0.3, -0.25) is 0 Å². The number of allylic oxidation sites excluding steroid dienone is 2. The van der Waals surface area contributed by atoms with Gasteiger partial charge in [-0.2, -0.15) is 0 Å². The Kier molecular flexibility index (Phi) is 6.26. The summed E-state index contributed by atoms with van der Waals surface area (Å²) < 4.78 is 0. The lowest BCUT2D eigenvalue weighted by molar-refractivity contribution is 0.683. The second kappa shape index (κ2) is 7.24. The molecule has 0 aromatic carbocycles. The van der Waals surface area contributed by atoms with E-state index < -0.39 is 0 Å². The number of hydrogen-bond donors (Lipinski definition) is 1. The predicted molar refractivity (Wildman–Crippen MR) is 76.7 cm³/mol. The van der Waals surface area contributed by atoms with E-state index >= 15 is 0 Å². The lowest BCUT2D eigenvalue weighted by atomic mass is 9.49. The Labute approximate surface area is 99.8 Å². The van der Waals surface area contributed by atoms with Gasteiger partial charge in [0.05, 0.1) is 7.74 Å². The van der Waals surface area contributed by atoms with Crippen molar-refractivity contribution in [2.24, 2.45) is 0 Å². The summed E-state index contributed by atoms with van der Waals surface area (Å²) in [5.41, 5.74) is 3.02. The van der Waals surface area contributed by atoms with Crippen molar-refractivity contribution < 1.29 is 0 Å². The molecule has 0 heterocycles. The third-order valence-corrected chi connectivity index (χ3v) is 3.33. The average Bonchev–Trinajstić information content (AvgIpc) is 3.03. The molecule has 0 amide bonds. The first-order valence-corrected chi connectivity index (χ1v) is 7.21. The molecule has 0 bridgehead atoms. The molecular formula is C11H21B2NS. The largest absolute Gasteiger partial charge is 0.314 e. The molecule has 0 spiro atoms. The van der Waals surface area contributed by atoms with Crippen LogP contribution in [0.2, 0.25) is 0 Å². The van der Waals surface area contributed by atoms with Crippen molar-refractivity contribution in [1.29, 1.82) is 0 Å². The molecule has 0 atom stereocenters. The number of nitrogens with one attached hydrogen (secondary N) is 1. The quantitative estimate of drug-likeness (QED) is 0.513. The summed E-state index contributed by atoms with van der Waals surface area (Å²) in [7, 11) is 3.38. The summed E-state index contributed by atoms with van der Waals surface area (Å²) in [6.45, 7) is 3.27. The van der Waals surface area contributed by atoms with E-state index in [2.05, 4.69) is 37.7 Å². The van der Waals surface area contributed by atoms with Gasteiger partial charge in [0.25, 0.3) is 0 Å². The van der Waals surface area contributed by atoms with Crippen molar-refractivity contribution in [3.63, 3.8) is 0 Å². The van der Waals surface area contributed by atoms with Crippen LogP contribution >= 0.6 is 11.8 Å². The van der Waals surface area contributed by atoms with Crippen LogP contribution in [0.3, 0.4) is 0 Å². The molecule has 0 radical (unpaired) electrons. The van der Waals surface area contributed by atoms with Crippen LogP contribution in [0.15, 0.2) is 22.5 Å². The molecule has 0 aromatic heterocycles. The fraction of sp³-hybridized carbons (Fsp3) is 0.636. The van der Waals surface area contributed by atoms with Crippen molar-refractivity contribution in [3.8, 4) is 0 Å². The Morgan fingerprint density at radius 1 is 1.60 bits per heavy atom. The summed E-state index contributed by atoms with van der Waals surface area (Å²) >= 11 is 1.81. The Morgan fingerprint density at radius 3 is 2.80 bits per heavy atom. The molecule has 1 aliphatic rings. The second-order valence-electron chi connectivity index (χ2n) is 4.02. The highest BCUT2D eigenvalue weighted by molar-refractivity contribution is 8.01. The summed E-state index contributed by atoms with van der Waals surface area (Å²) in [4.78, 5) is 0. The maximum absolute atomic E-state index is 3.57. The number of hydrogen-bond acceptors (Lipinski definition) is 2. The third kappa shape index (κ3) is 4.98. The van der Waals surface area contributed by atoms with Gasteiger partial charge < -0.3 is 5.32 Å².